The van der Waals surface area contributed by atoms with Gasteiger partial charge in [-0.25, -0.2) is 0 Å². The summed E-state index contributed by atoms with van der Waals surface area (Å²) in [5.74, 6) is 1.13. The van der Waals surface area contributed by atoms with Crippen LogP contribution in [0.2, 0.25) is 0 Å². The molecule has 2 aromatic rings. The average molecular weight is 622 g/mol. The largest absolute Gasteiger partial charge is 0.494 e. The Kier molecular flexibility index (Phi) is 11.6. The molecule has 0 aliphatic carbocycles. The SMILES string of the molecule is CSCC[C@@H]1NC(=O)c2cc(ccc2C)OCCCn2cc(nn2)CN(S(=O)(=O)N2CCC(C)CC2)CCCNC1=O. The molecule has 4 rings (SSSR count). The van der Waals surface area contributed by atoms with Crippen LogP contribution < -0.4 is 15.4 Å². The van der Waals surface area contributed by atoms with Gasteiger partial charge in [0.1, 0.15) is 11.8 Å². The molecule has 2 aliphatic rings. The molecule has 1 aromatic carbocycles. The summed E-state index contributed by atoms with van der Waals surface area (Å²) in [5.41, 5.74) is 1.80. The molecule has 3 heterocycles. The number of nitrogens with one attached hydrogen (secondary N) is 2. The molecule has 1 fully saturated rings. The van der Waals surface area contributed by atoms with E-state index < -0.39 is 16.3 Å². The fourth-order valence-electron chi connectivity index (χ4n) is 5.04. The van der Waals surface area contributed by atoms with Crippen molar-refractivity contribution in [2.24, 2.45) is 5.92 Å². The summed E-state index contributed by atoms with van der Waals surface area (Å²) in [6.45, 7) is 6.48. The van der Waals surface area contributed by atoms with Gasteiger partial charge < -0.3 is 15.4 Å². The summed E-state index contributed by atoms with van der Waals surface area (Å²) < 4.78 is 37.9. The number of piperidine rings is 1. The minimum Gasteiger partial charge on any atom is -0.494 e. The number of ether oxygens (including phenoxy) is 1. The second-order valence-electron chi connectivity index (χ2n) is 11.0. The predicted molar refractivity (Wildman–Crippen MR) is 162 cm³/mol. The molecule has 4 bridgehead atoms. The lowest BCUT2D eigenvalue weighted by atomic mass is 10.0. The Labute approximate surface area is 253 Å². The van der Waals surface area contributed by atoms with Gasteiger partial charge in [0.15, 0.2) is 0 Å². The van der Waals surface area contributed by atoms with Crippen LogP contribution in [0.3, 0.4) is 0 Å². The van der Waals surface area contributed by atoms with Crippen molar-refractivity contribution in [2.45, 2.75) is 65.1 Å². The number of carbonyl (C=O) groups excluding carboxylic acids is 2. The third kappa shape index (κ3) is 8.68. The van der Waals surface area contributed by atoms with Gasteiger partial charge in [-0.05, 0) is 68.2 Å². The van der Waals surface area contributed by atoms with E-state index in [0.717, 1.165) is 18.4 Å². The zero-order chi connectivity index (χ0) is 30.1. The number of hydrogen-bond acceptors (Lipinski definition) is 8. The molecule has 12 nitrogen and oxygen atoms in total. The molecule has 14 heteroatoms. The number of hydrogen-bond donors (Lipinski definition) is 2. The first-order valence-electron chi connectivity index (χ1n) is 14.6. The van der Waals surface area contributed by atoms with E-state index in [-0.39, 0.29) is 31.4 Å². The van der Waals surface area contributed by atoms with Gasteiger partial charge in [-0.3, -0.25) is 14.3 Å². The van der Waals surface area contributed by atoms with E-state index in [1.807, 2.05) is 25.3 Å². The molecule has 2 N–H and O–H groups in total. The third-order valence-electron chi connectivity index (χ3n) is 7.69. The molecule has 2 aliphatic heterocycles. The molecule has 0 unspecified atom stereocenters. The van der Waals surface area contributed by atoms with Crippen LogP contribution in [0.4, 0.5) is 0 Å². The Morgan fingerprint density at radius 3 is 2.64 bits per heavy atom. The summed E-state index contributed by atoms with van der Waals surface area (Å²) in [6, 6.07) is 4.64. The first-order chi connectivity index (χ1) is 20.2. The van der Waals surface area contributed by atoms with E-state index in [9.17, 15) is 18.0 Å². The zero-order valence-corrected chi connectivity index (χ0v) is 26.4. The number of thioether (sulfide) groups is 1. The minimum atomic E-state index is -3.73. The summed E-state index contributed by atoms with van der Waals surface area (Å²) >= 11 is 1.60. The van der Waals surface area contributed by atoms with Gasteiger partial charge in [-0.1, -0.05) is 18.2 Å². The number of aryl methyl sites for hydroxylation is 2. The van der Waals surface area contributed by atoms with Crippen molar-refractivity contribution in [1.29, 1.82) is 0 Å². The summed E-state index contributed by atoms with van der Waals surface area (Å²) in [4.78, 5) is 26.4. The van der Waals surface area contributed by atoms with Crippen LogP contribution in [-0.2, 0) is 28.1 Å². The molecule has 232 valence electrons. The molecule has 1 atom stereocenters. The van der Waals surface area contributed by atoms with Crippen molar-refractivity contribution in [3.05, 3.63) is 41.2 Å². The van der Waals surface area contributed by atoms with Crippen LogP contribution >= 0.6 is 11.8 Å². The van der Waals surface area contributed by atoms with Crippen LogP contribution in [0.1, 0.15) is 60.6 Å². The molecular weight excluding hydrogens is 578 g/mol. The minimum absolute atomic E-state index is 0.0946. The lowest BCUT2D eigenvalue weighted by molar-refractivity contribution is -0.123. The Morgan fingerprint density at radius 2 is 1.88 bits per heavy atom. The quantitative estimate of drug-likeness (QED) is 0.518. The highest BCUT2D eigenvalue weighted by molar-refractivity contribution is 7.98. The topological polar surface area (TPSA) is 139 Å². The number of nitrogens with zero attached hydrogens (tertiary/aromatic N) is 5. The molecule has 1 saturated heterocycles. The van der Waals surface area contributed by atoms with E-state index >= 15 is 0 Å². The van der Waals surface area contributed by atoms with Gasteiger partial charge in [0, 0.05) is 50.9 Å². The first-order valence-corrected chi connectivity index (χ1v) is 17.4. The molecule has 2 amide bonds. The van der Waals surface area contributed by atoms with Crippen LogP contribution in [0.15, 0.2) is 24.4 Å². The van der Waals surface area contributed by atoms with Gasteiger partial charge in [-0.2, -0.15) is 28.8 Å². The highest BCUT2D eigenvalue weighted by Crippen LogP contribution is 2.22. The molecular formula is C28H43N7O5S2. The maximum Gasteiger partial charge on any atom is 0.282 e. The van der Waals surface area contributed by atoms with Gasteiger partial charge >= 0.3 is 0 Å². The van der Waals surface area contributed by atoms with Gasteiger partial charge in [0.2, 0.25) is 5.91 Å². The fourth-order valence-corrected chi connectivity index (χ4v) is 7.16. The van der Waals surface area contributed by atoms with Gasteiger partial charge in [0.25, 0.3) is 16.1 Å². The van der Waals surface area contributed by atoms with Crippen molar-refractivity contribution in [1.82, 2.24) is 34.2 Å². The Hall–Kier alpha value is -2.68. The average Bonchev–Trinajstić information content (AvgIpc) is 3.42. The normalized spacial score (nSPS) is 21.3. The number of rotatable bonds is 5. The number of amides is 2. The van der Waals surface area contributed by atoms with E-state index in [1.165, 1.54) is 4.31 Å². The Bertz CT molecular complexity index is 1310. The van der Waals surface area contributed by atoms with Crippen molar-refractivity contribution in [2.75, 3.05) is 44.8 Å². The van der Waals surface area contributed by atoms with Crippen molar-refractivity contribution in [3.63, 3.8) is 0 Å². The highest BCUT2D eigenvalue weighted by atomic mass is 32.2. The lowest BCUT2D eigenvalue weighted by Crippen LogP contribution is -2.49. The molecule has 42 heavy (non-hydrogen) atoms. The number of aromatic nitrogens is 3. The highest BCUT2D eigenvalue weighted by Gasteiger charge is 2.32. The van der Waals surface area contributed by atoms with E-state index in [4.69, 9.17) is 4.74 Å². The molecule has 1 aromatic heterocycles. The second-order valence-corrected chi connectivity index (χ2v) is 13.9. The van der Waals surface area contributed by atoms with Gasteiger partial charge in [-0.15, -0.1) is 5.10 Å². The van der Waals surface area contributed by atoms with E-state index in [0.29, 0.717) is 74.2 Å². The Morgan fingerprint density at radius 1 is 1.10 bits per heavy atom. The van der Waals surface area contributed by atoms with Crippen LogP contribution in [0.25, 0.3) is 0 Å². The lowest BCUT2D eigenvalue weighted by Gasteiger charge is -2.33. The number of carbonyl (C=O) groups is 2. The van der Waals surface area contributed by atoms with Crippen LogP contribution in [0.5, 0.6) is 5.75 Å². The Balaban J connectivity index is 1.54. The van der Waals surface area contributed by atoms with E-state index in [2.05, 4.69) is 27.9 Å². The maximum absolute atomic E-state index is 13.7. The summed E-state index contributed by atoms with van der Waals surface area (Å²) in [5, 5.41) is 14.2. The molecule has 0 spiro atoms. The smallest absolute Gasteiger partial charge is 0.282 e. The monoisotopic (exact) mass is 621 g/mol. The second kappa shape index (κ2) is 15.2. The fraction of sp³-hybridized carbons (Fsp3) is 0.643. The van der Waals surface area contributed by atoms with Crippen molar-refractivity contribution in [3.8, 4) is 5.75 Å². The number of fused-ring (bicyclic) bond motifs is 4. The predicted octanol–water partition coefficient (Wildman–Crippen LogP) is 2.21. The number of benzene rings is 1. The van der Waals surface area contributed by atoms with Gasteiger partial charge in [0.05, 0.1) is 18.8 Å². The molecule has 0 radical (unpaired) electrons. The summed E-state index contributed by atoms with van der Waals surface area (Å²) in [7, 11) is -3.73. The first kappa shape index (κ1) is 32.2. The molecule has 0 saturated carbocycles. The maximum atomic E-state index is 13.7. The van der Waals surface area contributed by atoms with Crippen LogP contribution in [0, 0.1) is 12.8 Å². The van der Waals surface area contributed by atoms with Crippen molar-refractivity contribution < 1.29 is 22.7 Å². The van der Waals surface area contributed by atoms with E-state index in [1.54, 1.807) is 33.0 Å². The van der Waals surface area contributed by atoms with Crippen molar-refractivity contribution >= 4 is 33.8 Å². The summed E-state index contributed by atoms with van der Waals surface area (Å²) in [6.07, 6.45) is 6.89. The van der Waals surface area contributed by atoms with Crippen LogP contribution in [-0.4, -0.2) is 94.7 Å². The zero-order valence-electron chi connectivity index (χ0n) is 24.8. The standard InChI is InChI=1S/C28H43N7O5S2/c1-21-8-14-34(15-9-21)42(38,39)35-13-4-11-29-28(37)26(10-17-41-3)30-27(36)25-18-24(7-6-22(25)2)40-16-5-12-33-19-23(20-35)31-32-33/h6-7,18-19,21,26H,4-5,8-17,20H2,1-3H3,(H,29,37)(H,30,36)/t26-/m0/s1. The third-order valence-corrected chi connectivity index (χ3v) is 10.3.